The van der Waals surface area contributed by atoms with Gasteiger partial charge >= 0.3 is 5.97 Å². The predicted octanol–water partition coefficient (Wildman–Crippen LogP) is 5.03. The lowest BCUT2D eigenvalue weighted by atomic mass is 10.1. The largest absolute Gasteiger partial charge is 0.464 e. The molecule has 0 saturated heterocycles. The fourth-order valence-corrected chi connectivity index (χ4v) is 4.69. The van der Waals surface area contributed by atoms with Crippen molar-refractivity contribution in [3.63, 3.8) is 0 Å². The number of ether oxygens (including phenoxy) is 1. The highest BCUT2D eigenvalue weighted by molar-refractivity contribution is 7.99. The number of hydrogen-bond donors (Lipinski definition) is 1. The number of esters is 1. The number of furan rings is 1. The zero-order valence-corrected chi connectivity index (χ0v) is 18.1. The van der Waals surface area contributed by atoms with Crippen LogP contribution in [0.4, 0.5) is 5.00 Å². The summed E-state index contributed by atoms with van der Waals surface area (Å²) in [5, 5.41) is 15.1. The van der Waals surface area contributed by atoms with Crippen LogP contribution in [-0.2, 0) is 9.53 Å². The first-order valence-electron chi connectivity index (χ1n) is 8.78. The number of aromatic nitrogens is 2. The molecule has 4 aromatic rings. The van der Waals surface area contributed by atoms with Crippen molar-refractivity contribution >= 4 is 51.3 Å². The van der Waals surface area contributed by atoms with Gasteiger partial charge in [0.1, 0.15) is 16.3 Å². The first kappa shape index (κ1) is 20.4. The highest BCUT2D eigenvalue weighted by Crippen LogP contribution is 2.36. The molecule has 154 valence electrons. The molecular weight excluding hydrogens is 446 g/mol. The number of thiophene rings is 2. The summed E-state index contributed by atoms with van der Waals surface area (Å²) >= 11 is 3.84. The Bertz CT molecular complexity index is 1130. The molecule has 0 spiro atoms. The van der Waals surface area contributed by atoms with Crippen LogP contribution in [0.1, 0.15) is 17.3 Å². The summed E-state index contributed by atoms with van der Waals surface area (Å²) < 4.78 is 16.1. The molecule has 0 aromatic carbocycles. The van der Waals surface area contributed by atoms with E-state index in [0.717, 1.165) is 16.6 Å². The van der Waals surface area contributed by atoms with Crippen LogP contribution in [0, 0.1) is 0 Å². The third-order valence-electron chi connectivity index (χ3n) is 3.78. The number of rotatable bonds is 8. The van der Waals surface area contributed by atoms with Crippen LogP contribution in [0.2, 0.25) is 0 Å². The van der Waals surface area contributed by atoms with Crippen LogP contribution in [0.5, 0.6) is 0 Å². The highest BCUT2D eigenvalue weighted by Gasteiger charge is 2.24. The Morgan fingerprint density at radius 1 is 1.23 bits per heavy atom. The minimum Gasteiger partial charge on any atom is -0.464 e. The molecule has 8 nitrogen and oxygen atoms in total. The zero-order valence-electron chi connectivity index (χ0n) is 15.6. The quantitative estimate of drug-likeness (QED) is 0.288. The minimum atomic E-state index is -0.523. The molecule has 4 aromatic heterocycles. The van der Waals surface area contributed by atoms with E-state index in [1.807, 2.05) is 17.5 Å². The lowest BCUT2D eigenvalue weighted by molar-refractivity contribution is -0.113. The van der Waals surface area contributed by atoms with Crippen molar-refractivity contribution in [3.8, 4) is 22.1 Å². The zero-order chi connectivity index (χ0) is 20.9. The summed E-state index contributed by atoms with van der Waals surface area (Å²) in [7, 11) is 0. The van der Waals surface area contributed by atoms with Crippen molar-refractivity contribution in [2.45, 2.75) is 12.1 Å². The highest BCUT2D eigenvalue weighted by atomic mass is 32.2. The Morgan fingerprint density at radius 3 is 2.87 bits per heavy atom. The number of thioether (sulfide) groups is 1. The lowest BCUT2D eigenvalue weighted by Gasteiger charge is -2.07. The van der Waals surface area contributed by atoms with Crippen LogP contribution in [-0.4, -0.2) is 34.4 Å². The van der Waals surface area contributed by atoms with Gasteiger partial charge in [0.2, 0.25) is 5.91 Å². The predicted molar refractivity (Wildman–Crippen MR) is 115 cm³/mol. The number of hydrogen-bond acceptors (Lipinski definition) is 10. The second kappa shape index (κ2) is 9.28. The Kier molecular flexibility index (Phi) is 6.31. The third kappa shape index (κ3) is 4.48. The molecule has 0 bridgehead atoms. The van der Waals surface area contributed by atoms with Gasteiger partial charge in [-0.1, -0.05) is 17.8 Å². The van der Waals surface area contributed by atoms with Gasteiger partial charge in [0, 0.05) is 10.9 Å². The van der Waals surface area contributed by atoms with Crippen molar-refractivity contribution in [3.05, 3.63) is 46.9 Å². The number of nitrogens with zero attached hydrogens (tertiary/aromatic N) is 2. The molecule has 4 rings (SSSR count). The standard InChI is InChI=1S/C19H15N3O5S3/c1-2-25-18(24)15-11(12-5-3-7-26-12)9-29-17(15)20-14(23)10-30-19-22-21-16(27-19)13-6-4-8-28-13/h3-9H,2,10H2,1H3,(H,20,23). The van der Waals surface area contributed by atoms with Gasteiger partial charge in [-0.25, -0.2) is 4.79 Å². The van der Waals surface area contributed by atoms with Gasteiger partial charge in [-0.05, 0) is 30.5 Å². The molecule has 4 heterocycles. The molecule has 1 N–H and O–H groups in total. The summed E-state index contributed by atoms with van der Waals surface area (Å²) in [4.78, 5) is 25.8. The number of anilines is 1. The SMILES string of the molecule is CCOC(=O)c1c(-c2ccco2)csc1NC(=O)CSc1nnc(-c2cccs2)o1. The van der Waals surface area contributed by atoms with Gasteiger partial charge in [0.05, 0.1) is 23.5 Å². The lowest BCUT2D eigenvalue weighted by Crippen LogP contribution is -2.16. The second-order valence-corrected chi connectivity index (χ2v) is 8.49. The maximum Gasteiger partial charge on any atom is 0.341 e. The van der Waals surface area contributed by atoms with Gasteiger partial charge in [-0.2, -0.15) is 0 Å². The molecular formula is C19H15N3O5S3. The molecule has 30 heavy (non-hydrogen) atoms. The molecule has 0 aliphatic rings. The maximum absolute atomic E-state index is 12.5. The monoisotopic (exact) mass is 461 g/mol. The van der Waals surface area contributed by atoms with E-state index >= 15 is 0 Å². The van der Waals surface area contributed by atoms with Gasteiger partial charge < -0.3 is 18.9 Å². The summed E-state index contributed by atoms with van der Waals surface area (Å²) in [6, 6.07) is 7.24. The average molecular weight is 462 g/mol. The fourth-order valence-electron chi connectivity index (χ4n) is 2.53. The van der Waals surface area contributed by atoms with E-state index in [-0.39, 0.29) is 23.8 Å². The van der Waals surface area contributed by atoms with E-state index in [1.165, 1.54) is 28.9 Å². The summed E-state index contributed by atoms with van der Waals surface area (Å²) in [6.07, 6.45) is 1.52. The molecule has 0 aliphatic heterocycles. The molecule has 0 radical (unpaired) electrons. The van der Waals surface area contributed by atoms with E-state index in [4.69, 9.17) is 13.6 Å². The van der Waals surface area contributed by atoms with E-state index in [0.29, 0.717) is 27.4 Å². The van der Waals surface area contributed by atoms with Gasteiger partial charge in [0.15, 0.2) is 0 Å². The first-order valence-corrected chi connectivity index (χ1v) is 11.5. The number of amides is 1. The van der Waals surface area contributed by atoms with Crippen LogP contribution in [0.25, 0.3) is 22.1 Å². The minimum absolute atomic E-state index is 0.0440. The van der Waals surface area contributed by atoms with E-state index in [9.17, 15) is 9.59 Å². The van der Waals surface area contributed by atoms with Crippen molar-refractivity contribution in [1.29, 1.82) is 0 Å². The van der Waals surface area contributed by atoms with Crippen molar-refractivity contribution in [2.24, 2.45) is 0 Å². The second-order valence-electron chi connectivity index (χ2n) is 5.74. The molecule has 0 saturated carbocycles. The van der Waals surface area contributed by atoms with Crippen molar-refractivity contribution in [2.75, 3.05) is 17.7 Å². The fraction of sp³-hybridized carbons (Fsp3) is 0.158. The summed E-state index contributed by atoms with van der Waals surface area (Å²) in [5.41, 5.74) is 0.844. The van der Waals surface area contributed by atoms with Crippen molar-refractivity contribution < 1.29 is 23.2 Å². The average Bonchev–Trinajstić information content (AvgIpc) is 3.53. The van der Waals surface area contributed by atoms with E-state index in [2.05, 4.69) is 15.5 Å². The first-order chi connectivity index (χ1) is 14.7. The van der Waals surface area contributed by atoms with E-state index in [1.54, 1.807) is 24.4 Å². The molecule has 0 atom stereocenters. The maximum atomic E-state index is 12.5. The molecule has 0 unspecified atom stereocenters. The van der Waals surface area contributed by atoms with Crippen molar-refractivity contribution in [1.82, 2.24) is 10.2 Å². The van der Waals surface area contributed by atoms with Gasteiger partial charge in [-0.15, -0.1) is 32.9 Å². The number of carbonyl (C=O) groups is 2. The molecule has 11 heteroatoms. The Labute approximate surface area is 183 Å². The Hall–Kier alpha value is -2.89. The molecule has 0 aliphatic carbocycles. The smallest absolute Gasteiger partial charge is 0.341 e. The van der Waals surface area contributed by atoms with Gasteiger partial charge in [0.25, 0.3) is 11.1 Å². The van der Waals surface area contributed by atoms with Crippen LogP contribution >= 0.6 is 34.4 Å². The third-order valence-corrected chi connectivity index (χ3v) is 6.35. The molecule has 0 fully saturated rings. The van der Waals surface area contributed by atoms with Gasteiger partial charge in [-0.3, -0.25) is 4.79 Å². The summed E-state index contributed by atoms with van der Waals surface area (Å²) in [5.74, 6) is 0.150. The summed E-state index contributed by atoms with van der Waals surface area (Å²) in [6.45, 7) is 1.94. The number of nitrogens with one attached hydrogen (secondary N) is 1. The Morgan fingerprint density at radius 2 is 2.13 bits per heavy atom. The topological polar surface area (TPSA) is 107 Å². The van der Waals surface area contributed by atoms with Crippen LogP contribution in [0.15, 0.2) is 55.3 Å². The Balaban J connectivity index is 1.45. The molecule has 1 amide bonds. The van der Waals surface area contributed by atoms with Crippen LogP contribution < -0.4 is 5.32 Å². The normalized spacial score (nSPS) is 10.8. The van der Waals surface area contributed by atoms with Crippen LogP contribution in [0.3, 0.4) is 0 Å². The number of carbonyl (C=O) groups excluding carboxylic acids is 2. The van der Waals surface area contributed by atoms with E-state index < -0.39 is 5.97 Å².